The molecule has 0 saturated heterocycles. The molecule has 0 amide bonds. The van der Waals surface area contributed by atoms with Crippen molar-refractivity contribution >= 4 is 11.7 Å². The molecule has 2 aromatic rings. The molecule has 0 spiro atoms. The van der Waals surface area contributed by atoms with Crippen LogP contribution >= 0.6 is 0 Å². The van der Waals surface area contributed by atoms with Crippen LogP contribution < -0.4 is 10.4 Å². The molecule has 1 N–H and O–H groups in total. The maximum atomic E-state index is 13.1. The number of halogens is 3. The number of hydrogen-bond acceptors (Lipinski definition) is 3. The van der Waals surface area contributed by atoms with Crippen molar-refractivity contribution in [1.82, 2.24) is 0 Å². The van der Waals surface area contributed by atoms with E-state index in [0.717, 1.165) is 18.1 Å². The van der Waals surface area contributed by atoms with Crippen LogP contribution in [0.5, 0.6) is 0 Å². The molecule has 0 aromatic heterocycles. The number of benzene rings is 2. The molecule has 4 rings (SSSR count). The Morgan fingerprint density at radius 1 is 1.22 bits per heavy atom. The van der Waals surface area contributed by atoms with E-state index in [1.807, 2.05) is 6.08 Å². The van der Waals surface area contributed by atoms with Gasteiger partial charge in [0.2, 0.25) is 0 Å². The number of allylic oxidation sites excluding steroid dienone is 2. The molecule has 0 bridgehead atoms. The second-order valence-electron chi connectivity index (χ2n) is 7.09. The summed E-state index contributed by atoms with van der Waals surface area (Å²) in [5.41, 5.74) is 2.14. The fourth-order valence-electron chi connectivity index (χ4n) is 4.27. The van der Waals surface area contributed by atoms with E-state index in [9.17, 15) is 23.1 Å². The highest BCUT2D eigenvalue weighted by Gasteiger charge is 2.39. The van der Waals surface area contributed by atoms with E-state index in [0.29, 0.717) is 16.8 Å². The van der Waals surface area contributed by atoms with Crippen molar-refractivity contribution in [3.8, 4) is 0 Å². The normalized spacial score (nSPS) is 23.5. The Morgan fingerprint density at radius 3 is 2.70 bits per heavy atom. The predicted molar refractivity (Wildman–Crippen MR) is 93.3 cm³/mol. The maximum Gasteiger partial charge on any atom is 0.416 e. The van der Waals surface area contributed by atoms with Crippen LogP contribution in [0.25, 0.3) is 0 Å². The van der Waals surface area contributed by atoms with E-state index < -0.39 is 17.7 Å². The summed E-state index contributed by atoms with van der Waals surface area (Å²) in [6, 6.07) is 8.31. The number of hydrogen-bond donors (Lipinski definition) is 1. The fourth-order valence-corrected chi connectivity index (χ4v) is 4.27. The number of carbonyl (C=O) groups is 1. The summed E-state index contributed by atoms with van der Waals surface area (Å²) in [4.78, 5) is 11.4. The molecule has 0 unspecified atom stereocenters. The lowest BCUT2D eigenvalue weighted by Crippen LogP contribution is -2.31. The van der Waals surface area contributed by atoms with Crippen molar-refractivity contribution in [2.45, 2.75) is 31.5 Å². The number of fused-ring (bicyclic) bond motifs is 3. The average molecular weight is 372 g/mol. The van der Waals surface area contributed by atoms with Crippen molar-refractivity contribution < 1.29 is 23.1 Å². The van der Waals surface area contributed by atoms with Crippen molar-refractivity contribution in [2.24, 2.45) is 5.92 Å². The van der Waals surface area contributed by atoms with Gasteiger partial charge in [-0.3, -0.25) is 0 Å². The lowest BCUT2D eigenvalue weighted by molar-refractivity contribution is -0.255. The van der Waals surface area contributed by atoms with Gasteiger partial charge in [-0.25, -0.2) is 0 Å². The number of aromatic carboxylic acids is 1. The van der Waals surface area contributed by atoms with Gasteiger partial charge < -0.3 is 15.2 Å². The smallest absolute Gasteiger partial charge is 0.416 e. The monoisotopic (exact) mass is 372 g/mol. The summed E-state index contributed by atoms with van der Waals surface area (Å²) in [7, 11) is 0. The summed E-state index contributed by atoms with van der Waals surface area (Å²) in [6.07, 6.45) is 0.436. The Morgan fingerprint density at radius 2 is 2.00 bits per heavy atom. The zero-order valence-corrected chi connectivity index (χ0v) is 14.5. The highest BCUT2D eigenvalue weighted by molar-refractivity contribution is 5.90. The molecule has 0 fully saturated rings. The molecule has 2 aromatic carbocycles. The number of carboxylic acids is 1. The van der Waals surface area contributed by atoms with Crippen LogP contribution in [-0.2, 0) is 6.18 Å². The predicted octanol–water partition coefficient (Wildman–Crippen LogP) is 4.20. The van der Waals surface area contributed by atoms with Gasteiger partial charge in [-0.15, -0.1) is 0 Å². The van der Waals surface area contributed by atoms with Crippen molar-refractivity contribution in [1.29, 1.82) is 0 Å². The van der Waals surface area contributed by atoms with E-state index in [2.05, 4.69) is 11.4 Å². The van der Waals surface area contributed by atoms with E-state index in [4.69, 9.17) is 0 Å². The summed E-state index contributed by atoms with van der Waals surface area (Å²) in [6.45, 7) is 1.69. The first-order chi connectivity index (χ1) is 12.8. The molecule has 0 saturated carbocycles. The second-order valence-corrected chi connectivity index (χ2v) is 7.09. The van der Waals surface area contributed by atoms with Gasteiger partial charge in [0, 0.05) is 17.2 Å². The molecule has 0 radical (unpaired) electrons. The zero-order valence-electron chi connectivity index (χ0n) is 14.5. The molecule has 6 heteroatoms. The summed E-state index contributed by atoms with van der Waals surface area (Å²) in [5, 5.41) is 14.7. The fraction of sp³-hybridized carbons (Fsp3) is 0.286. The molecule has 1 aliphatic heterocycles. The summed E-state index contributed by atoms with van der Waals surface area (Å²) < 4.78 is 39.4. The molecular formula is C21H17F3NO2-. The first-order valence-electron chi connectivity index (χ1n) is 8.72. The van der Waals surface area contributed by atoms with E-state index in [1.54, 1.807) is 25.1 Å². The molecule has 3 nitrogen and oxygen atoms in total. The lowest BCUT2D eigenvalue weighted by atomic mass is 9.75. The Kier molecular flexibility index (Phi) is 4.02. The van der Waals surface area contributed by atoms with Crippen molar-refractivity contribution in [3.05, 3.63) is 76.4 Å². The number of alkyl halides is 3. The van der Waals surface area contributed by atoms with Crippen LogP contribution in [-0.4, -0.2) is 5.97 Å². The third kappa shape index (κ3) is 2.89. The third-order valence-corrected chi connectivity index (χ3v) is 5.59. The van der Waals surface area contributed by atoms with Crippen LogP contribution in [0.15, 0.2) is 48.6 Å². The van der Waals surface area contributed by atoms with Gasteiger partial charge in [-0.1, -0.05) is 36.4 Å². The Bertz CT molecular complexity index is 949. The highest BCUT2D eigenvalue weighted by atomic mass is 19.4. The molecular weight excluding hydrogens is 355 g/mol. The number of carboxylic acid groups (broad SMARTS) is 1. The lowest BCUT2D eigenvalue weighted by Gasteiger charge is -2.39. The van der Waals surface area contributed by atoms with Gasteiger partial charge in [0.25, 0.3) is 0 Å². The number of anilines is 1. The van der Waals surface area contributed by atoms with E-state index in [-0.39, 0.29) is 23.4 Å². The van der Waals surface area contributed by atoms with Gasteiger partial charge in [0.15, 0.2) is 0 Å². The Hall–Kier alpha value is -2.76. The van der Waals surface area contributed by atoms with Gasteiger partial charge in [0.05, 0.1) is 17.6 Å². The van der Waals surface area contributed by atoms with Gasteiger partial charge in [-0.05, 0) is 48.1 Å². The van der Waals surface area contributed by atoms with Crippen LogP contribution in [0.3, 0.4) is 0 Å². The van der Waals surface area contributed by atoms with Crippen molar-refractivity contribution in [2.75, 3.05) is 5.32 Å². The first kappa shape index (κ1) is 17.6. The molecule has 1 heterocycles. The average Bonchev–Trinajstić information content (AvgIpc) is 3.10. The minimum Gasteiger partial charge on any atom is -0.545 e. The molecule has 3 atom stereocenters. The van der Waals surface area contributed by atoms with Gasteiger partial charge >= 0.3 is 6.18 Å². The van der Waals surface area contributed by atoms with Gasteiger partial charge in [-0.2, -0.15) is 13.2 Å². The summed E-state index contributed by atoms with van der Waals surface area (Å²) >= 11 is 0. The first-order valence-corrected chi connectivity index (χ1v) is 8.72. The molecule has 27 heavy (non-hydrogen) atoms. The topological polar surface area (TPSA) is 52.2 Å². The third-order valence-electron chi connectivity index (χ3n) is 5.59. The quantitative estimate of drug-likeness (QED) is 0.804. The number of nitrogens with one attached hydrogen (secondary N) is 1. The SMILES string of the molecule is Cc1c(C(=O)[O-])ccc2c1N[C@H](c1cccc(C(F)(F)F)c1)[C@H]1CC=C[C@@H]21. The minimum atomic E-state index is -4.41. The highest BCUT2D eigenvalue weighted by Crippen LogP contribution is 2.51. The van der Waals surface area contributed by atoms with Crippen LogP contribution in [0, 0.1) is 12.8 Å². The zero-order chi connectivity index (χ0) is 19.3. The molecule has 140 valence electrons. The van der Waals surface area contributed by atoms with E-state index >= 15 is 0 Å². The molecule has 1 aliphatic carbocycles. The minimum absolute atomic E-state index is 0.0373. The van der Waals surface area contributed by atoms with E-state index in [1.165, 1.54) is 12.1 Å². The van der Waals surface area contributed by atoms with Crippen LogP contribution in [0.4, 0.5) is 18.9 Å². The largest absolute Gasteiger partial charge is 0.545 e. The number of rotatable bonds is 2. The Balaban J connectivity index is 1.82. The van der Waals surface area contributed by atoms with Crippen LogP contribution in [0.1, 0.15) is 51.0 Å². The number of carbonyl (C=O) groups excluding carboxylic acids is 1. The molecule has 2 aliphatic rings. The maximum absolute atomic E-state index is 13.1. The van der Waals surface area contributed by atoms with Crippen LogP contribution in [0.2, 0.25) is 0 Å². The van der Waals surface area contributed by atoms with Crippen molar-refractivity contribution in [3.63, 3.8) is 0 Å². The Labute approximate surface area is 154 Å². The summed E-state index contributed by atoms with van der Waals surface area (Å²) in [5.74, 6) is -1.15. The standard InChI is InChI=1S/C21H18F3NO2/c1-11-14(20(26)27)8-9-17-15-6-3-7-16(15)19(25-18(11)17)12-4-2-5-13(10-12)21(22,23)24/h2-6,8-10,15-16,19,25H,7H2,1H3,(H,26,27)/p-1/t15-,16+,19-/m1/s1. The second kappa shape index (κ2) is 6.15. The van der Waals surface area contributed by atoms with Gasteiger partial charge in [0.1, 0.15) is 0 Å².